The third-order valence-corrected chi connectivity index (χ3v) is 3.17. The van der Waals surface area contributed by atoms with E-state index in [1.54, 1.807) is 31.2 Å². The van der Waals surface area contributed by atoms with E-state index in [0.29, 0.717) is 17.4 Å². The molecule has 0 saturated heterocycles. The van der Waals surface area contributed by atoms with Crippen LogP contribution in [0.5, 0.6) is 0 Å². The standard InChI is InChI=1S/C15H17NO4/c1-9(2)8-10(3)15(19)20-16-13(17)11-6-4-5-7-12(11)14(16)18/h4-7,9-10H,8H2,1-3H3. The molecule has 0 bridgehead atoms. The molecule has 1 aromatic carbocycles. The molecule has 1 aromatic rings. The maximum atomic E-state index is 12.0. The van der Waals surface area contributed by atoms with Gasteiger partial charge >= 0.3 is 5.97 Å². The Morgan fingerprint density at radius 2 is 1.60 bits per heavy atom. The second kappa shape index (κ2) is 5.45. The van der Waals surface area contributed by atoms with E-state index in [0.717, 1.165) is 0 Å². The molecule has 20 heavy (non-hydrogen) atoms. The van der Waals surface area contributed by atoms with Crippen molar-refractivity contribution in [2.75, 3.05) is 0 Å². The number of nitrogens with zero attached hydrogens (tertiary/aromatic N) is 1. The number of carbonyl (C=O) groups is 3. The number of hydrogen-bond donors (Lipinski definition) is 0. The molecule has 2 amide bonds. The molecule has 1 aliphatic heterocycles. The van der Waals surface area contributed by atoms with Crippen molar-refractivity contribution in [3.05, 3.63) is 35.4 Å². The molecule has 2 rings (SSSR count). The summed E-state index contributed by atoms with van der Waals surface area (Å²) in [6.07, 6.45) is 0.641. The van der Waals surface area contributed by atoms with Crippen molar-refractivity contribution in [2.24, 2.45) is 11.8 Å². The van der Waals surface area contributed by atoms with Crippen LogP contribution in [-0.4, -0.2) is 22.8 Å². The minimum Gasteiger partial charge on any atom is -0.329 e. The van der Waals surface area contributed by atoms with Gasteiger partial charge in [0.25, 0.3) is 11.8 Å². The Morgan fingerprint density at radius 1 is 1.10 bits per heavy atom. The van der Waals surface area contributed by atoms with Gasteiger partial charge in [0.1, 0.15) is 0 Å². The van der Waals surface area contributed by atoms with Gasteiger partial charge in [-0.1, -0.05) is 38.0 Å². The fraction of sp³-hybridized carbons (Fsp3) is 0.400. The van der Waals surface area contributed by atoms with E-state index in [9.17, 15) is 14.4 Å². The number of amides is 2. The summed E-state index contributed by atoms with van der Waals surface area (Å²) in [5, 5.41) is 0.559. The molecule has 0 fully saturated rings. The molecule has 5 nitrogen and oxygen atoms in total. The van der Waals surface area contributed by atoms with Crippen molar-refractivity contribution in [2.45, 2.75) is 27.2 Å². The molecule has 0 aromatic heterocycles. The van der Waals surface area contributed by atoms with Crippen molar-refractivity contribution in [1.82, 2.24) is 5.06 Å². The summed E-state index contributed by atoms with van der Waals surface area (Å²) in [7, 11) is 0. The van der Waals surface area contributed by atoms with Crippen LogP contribution in [0.15, 0.2) is 24.3 Å². The quantitative estimate of drug-likeness (QED) is 0.792. The lowest BCUT2D eigenvalue weighted by atomic mass is 9.99. The minimum atomic E-state index is -0.587. The Balaban J connectivity index is 2.11. The highest BCUT2D eigenvalue weighted by molar-refractivity contribution is 6.20. The molecular formula is C15H17NO4. The molecule has 0 spiro atoms. The number of rotatable bonds is 4. The van der Waals surface area contributed by atoms with Crippen LogP contribution < -0.4 is 0 Å². The first-order chi connectivity index (χ1) is 9.41. The summed E-state index contributed by atoms with van der Waals surface area (Å²) in [5.74, 6) is -1.77. The molecule has 1 atom stereocenters. The maximum absolute atomic E-state index is 12.0. The van der Waals surface area contributed by atoms with Crippen molar-refractivity contribution in [3.8, 4) is 0 Å². The summed E-state index contributed by atoms with van der Waals surface area (Å²) in [5.41, 5.74) is 0.531. The summed E-state index contributed by atoms with van der Waals surface area (Å²) in [6.45, 7) is 5.71. The average molecular weight is 275 g/mol. The minimum absolute atomic E-state index is 0.266. The van der Waals surface area contributed by atoms with Gasteiger partial charge < -0.3 is 4.84 Å². The lowest BCUT2D eigenvalue weighted by molar-refractivity contribution is -0.173. The molecule has 0 aliphatic carbocycles. The predicted molar refractivity (Wildman–Crippen MR) is 71.7 cm³/mol. The first kappa shape index (κ1) is 14.2. The van der Waals surface area contributed by atoms with E-state index in [-0.39, 0.29) is 17.0 Å². The molecule has 0 N–H and O–H groups in total. The third kappa shape index (κ3) is 2.57. The number of hydroxylamine groups is 2. The van der Waals surface area contributed by atoms with Crippen LogP contribution in [0.1, 0.15) is 47.9 Å². The van der Waals surface area contributed by atoms with Gasteiger partial charge in [-0.05, 0) is 24.5 Å². The van der Waals surface area contributed by atoms with Gasteiger partial charge in [0.2, 0.25) is 0 Å². The molecule has 5 heteroatoms. The van der Waals surface area contributed by atoms with Crippen LogP contribution in [0.25, 0.3) is 0 Å². The molecule has 106 valence electrons. The van der Waals surface area contributed by atoms with Crippen molar-refractivity contribution < 1.29 is 19.2 Å². The zero-order chi connectivity index (χ0) is 14.9. The van der Waals surface area contributed by atoms with Crippen LogP contribution in [-0.2, 0) is 9.63 Å². The second-order valence-corrected chi connectivity index (χ2v) is 5.39. The van der Waals surface area contributed by atoms with Gasteiger partial charge in [-0.2, -0.15) is 0 Å². The van der Waals surface area contributed by atoms with Crippen LogP contribution in [0.3, 0.4) is 0 Å². The summed E-state index contributed by atoms with van der Waals surface area (Å²) in [6, 6.07) is 6.41. The molecule has 1 unspecified atom stereocenters. The van der Waals surface area contributed by atoms with Crippen LogP contribution >= 0.6 is 0 Å². The normalized spacial score (nSPS) is 15.5. The molecule has 1 aliphatic rings. The Morgan fingerprint density at radius 3 is 2.05 bits per heavy atom. The third-order valence-electron chi connectivity index (χ3n) is 3.17. The van der Waals surface area contributed by atoms with Crippen LogP contribution in [0, 0.1) is 11.8 Å². The van der Waals surface area contributed by atoms with Gasteiger partial charge in [0, 0.05) is 0 Å². The van der Waals surface area contributed by atoms with E-state index < -0.39 is 17.8 Å². The zero-order valence-corrected chi connectivity index (χ0v) is 11.8. The van der Waals surface area contributed by atoms with Gasteiger partial charge in [-0.3, -0.25) is 9.59 Å². The topological polar surface area (TPSA) is 63.7 Å². The number of imide groups is 1. The van der Waals surface area contributed by atoms with E-state index in [1.807, 2.05) is 13.8 Å². The molecular weight excluding hydrogens is 258 g/mol. The van der Waals surface area contributed by atoms with Gasteiger partial charge in [0.15, 0.2) is 0 Å². The van der Waals surface area contributed by atoms with Gasteiger partial charge in [-0.15, -0.1) is 0 Å². The average Bonchev–Trinajstić information content (AvgIpc) is 2.64. The van der Waals surface area contributed by atoms with Gasteiger partial charge in [0.05, 0.1) is 17.0 Å². The fourth-order valence-electron chi connectivity index (χ4n) is 2.23. The zero-order valence-electron chi connectivity index (χ0n) is 11.8. The number of hydrogen-bond acceptors (Lipinski definition) is 4. The highest BCUT2D eigenvalue weighted by atomic mass is 16.7. The first-order valence-electron chi connectivity index (χ1n) is 6.61. The Kier molecular flexibility index (Phi) is 3.88. The monoisotopic (exact) mass is 275 g/mol. The van der Waals surface area contributed by atoms with Crippen molar-refractivity contribution >= 4 is 17.8 Å². The van der Waals surface area contributed by atoms with Crippen molar-refractivity contribution in [3.63, 3.8) is 0 Å². The largest absolute Gasteiger partial charge is 0.336 e. The van der Waals surface area contributed by atoms with Crippen molar-refractivity contribution in [1.29, 1.82) is 0 Å². The number of benzene rings is 1. The summed E-state index contributed by atoms with van der Waals surface area (Å²) >= 11 is 0. The Hall–Kier alpha value is -2.17. The van der Waals surface area contributed by atoms with E-state index in [1.165, 1.54) is 0 Å². The van der Waals surface area contributed by atoms with Crippen LogP contribution in [0.4, 0.5) is 0 Å². The molecule has 0 saturated carbocycles. The lowest BCUT2D eigenvalue weighted by Crippen LogP contribution is -2.34. The highest BCUT2D eigenvalue weighted by Gasteiger charge is 2.39. The second-order valence-electron chi connectivity index (χ2n) is 5.39. The van der Waals surface area contributed by atoms with Crippen LogP contribution in [0.2, 0.25) is 0 Å². The Bertz CT molecular complexity index is 530. The number of fused-ring (bicyclic) bond motifs is 1. The Labute approximate surface area is 117 Å². The summed E-state index contributed by atoms with van der Waals surface area (Å²) in [4.78, 5) is 40.9. The smallest absolute Gasteiger partial charge is 0.329 e. The summed E-state index contributed by atoms with van der Waals surface area (Å²) < 4.78 is 0. The lowest BCUT2D eigenvalue weighted by Gasteiger charge is -2.17. The van der Waals surface area contributed by atoms with E-state index in [2.05, 4.69) is 0 Å². The van der Waals surface area contributed by atoms with E-state index in [4.69, 9.17) is 4.84 Å². The predicted octanol–water partition coefficient (Wildman–Crippen LogP) is 2.42. The van der Waals surface area contributed by atoms with Gasteiger partial charge in [-0.25, -0.2) is 4.79 Å². The first-order valence-corrected chi connectivity index (χ1v) is 6.61. The highest BCUT2D eigenvalue weighted by Crippen LogP contribution is 2.24. The van der Waals surface area contributed by atoms with E-state index >= 15 is 0 Å². The SMILES string of the molecule is CC(C)CC(C)C(=O)ON1C(=O)c2ccccc2C1=O. The fourth-order valence-corrected chi connectivity index (χ4v) is 2.23. The number of carbonyl (C=O) groups excluding carboxylic acids is 3. The maximum Gasteiger partial charge on any atom is 0.336 e. The molecule has 0 radical (unpaired) electrons. The molecule has 1 heterocycles.